The van der Waals surface area contributed by atoms with Gasteiger partial charge in [0.2, 0.25) is 5.95 Å². The third-order valence-electron chi connectivity index (χ3n) is 1.29. The average Bonchev–Trinajstić information content (AvgIpc) is 2.01. The van der Waals surface area contributed by atoms with Crippen LogP contribution in [0.1, 0.15) is 5.69 Å². The van der Waals surface area contributed by atoms with Gasteiger partial charge in [-0.15, -0.1) is 0 Å². The fourth-order valence-corrected chi connectivity index (χ4v) is 1.36. The summed E-state index contributed by atoms with van der Waals surface area (Å²) >= 11 is 0. The zero-order valence-corrected chi connectivity index (χ0v) is 7.68. The standard InChI is InChI=1S/C6H8FN3O2S/c1-13(11,12)5-2-4(3-7)9-6(8)10-5/h2H,3H2,1H3,(H2,8,9,10). The summed E-state index contributed by atoms with van der Waals surface area (Å²) in [7, 11) is -3.46. The molecule has 0 aliphatic carbocycles. The smallest absolute Gasteiger partial charge is 0.221 e. The lowest BCUT2D eigenvalue weighted by molar-refractivity contribution is 0.474. The Morgan fingerprint density at radius 3 is 2.62 bits per heavy atom. The third kappa shape index (κ3) is 2.35. The molecule has 0 spiro atoms. The Labute approximate surface area is 74.7 Å². The first kappa shape index (κ1) is 9.85. The Balaban J connectivity index is 3.33. The Bertz CT molecular complexity index is 418. The van der Waals surface area contributed by atoms with Crippen LogP contribution in [0, 0.1) is 0 Å². The largest absolute Gasteiger partial charge is 0.368 e. The summed E-state index contributed by atoms with van der Waals surface area (Å²) in [4.78, 5) is 6.96. The van der Waals surface area contributed by atoms with Gasteiger partial charge in [0.15, 0.2) is 14.9 Å². The molecule has 0 saturated carbocycles. The van der Waals surface area contributed by atoms with E-state index in [2.05, 4.69) is 9.97 Å². The van der Waals surface area contributed by atoms with Gasteiger partial charge in [-0.1, -0.05) is 0 Å². The molecular weight excluding hydrogens is 197 g/mol. The maximum Gasteiger partial charge on any atom is 0.221 e. The number of nitrogens with zero attached hydrogens (tertiary/aromatic N) is 2. The van der Waals surface area contributed by atoms with E-state index in [4.69, 9.17) is 5.73 Å². The van der Waals surface area contributed by atoms with Crippen LogP contribution in [0.3, 0.4) is 0 Å². The van der Waals surface area contributed by atoms with E-state index < -0.39 is 16.5 Å². The normalized spacial score (nSPS) is 11.5. The van der Waals surface area contributed by atoms with Crippen LogP contribution in [0.2, 0.25) is 0 Å². The zero-order valence-electron chi connectivity index (χ0n) is 6.86. The van der Waals surface area contributed by atoms with Crippen LogP contribution in [0.4, 0.5) is 10.3 Å². The molecule has 0 aromatic carbocycles. The highest BCUT2D eigenvalue weighted by Crippen LogP contribution is 2.09. The number of hydrogen-bond donors (Lipinski definition) is 1. The lowest BCUT2D eigenvalue weighted by Gasteiger charge is -2.00. The number of nitrogen functional groups attached to an aromatic ring is 1. The molecule has 0 bridgehead atoms. The minimum atomic E-state index is -3.46. The van der Waals surface area contributed by atoms with E-state index in [0.29, 0.717) is 0 Å². The maximum atomic E-state index is 12.1. The van der Waals surface area contributed by atoms with E-state index >= 15 is 0 Å². The first-order valence-electron chi connectivity index (χ1n) is 3.33. The summed E-state index contributed by atoms with van der Waals surface area (Å²) < 4.78 is 34.1. The highest BCUT2D eigenvalue weighted by molar-refractivity contribution is 7.90. The van der Waals surface area contributed by atoms with Crippen LogP contribution >= 0.6 is 0 Å². The molecule has 13 heavy (non-hydrogen) atoms. The zero-order chi connectivity index (χ0) is 10.1. The van der Waals surface area contributed by atoms with Crippen LogP contribution in [-0.4, -0.2) is 24.6 Å². The molecule has 2 N–H and O–H groups in total. The van der Waals surface area contributed by atoms with E-state index in [9.17, 15) is 12.8 Å². The molecule has 1 aromatic rings. The number of alkyl halides is 1. The number of aromatic nitrogens is 2. The molecular formula is C6H8FN3O2S. The molecule has 1 aromatic heterocycles. The third-order valence-corrected chi connectivity index (χ3v) is 2.26. The molecule has 0 unspecified atom stereocenters. The molecule has 0 saturated heterocycles. The second-order valence-electron chi connectivity index (χ2n) is 2.46. The molecule has 0 aliphatic heterocycles. The molecule has 0 atom stereocenters. The van der Waals surface area contributed by atoms with E-state index in [1.807, 2.05) is 0 Å². The van der Waals surface area contributed by atoms with Crippen molar-refractivity contribution in [1.82, 2.24) is 9.97 Å². The number of halogens is 1. The van der Waals surface area contributed by atoms with E-state index in [-0.39, 0.29) is 16.7 Å². The van der Waals surface area contributed by atoms with Crippen molar-refractivity contribution in [2.75, 3.05) is 12.0 Å². The van der Waals surface area contributed by atoms with Gasteiger partial charge in [0.05, 0.1) is 5.69 Å². The Morgan fingerprint density at radius 2 is 2.15 bits per heavy atom. The maximum absolute atomic E-state index is 12.1. The Morgan fingerprint density at radius 1 is 1.54 bits per heavy atom. The van der Waals surface area contributed by atoms with Gasteiger partial charge < -0.3 is 5.73 Å². The van der Waals surface area contributed by atoms with Crippen molar-refractivity contribution in [3.8, 4) is 0 Å². The van der Waals surface area contributed by atoms with Crippen LogP contribution in [-0.2, 0) is 16.5 Å². The molecule has 7 heteroatoms. The van der Waals surface area contributed by atoms with Crippen LogP contribution in [0.25, 0.3) is 0 Å². The van der Waals surface area contributed by atoms with E-state index in [0.717, 1.165) is 12.3 Å². The predicted octanol–water partition coefficient (Wildman–Crippen LogP) is -0.0682. The highest BCUT2D eigenvalue weighted by atomic mass is 32.2. The van der Waals surface area contributed by atoms with Gasteiger partial charge in [-0.3, -0.25) is 0 Å². The van der Waals surface area contributed by atoms with Crippen molar-refractivity contribution < 1.29 is 12.8 Å². The SMILES string of the molecule is CS(=O)(=O)c1cc(CF)nc(N)n1. The molecule has 0 aliphatic rings. The molecule has 1 heterocycles. The van der Waals surface area contributed by atoms with Gasteiger partial charge in [-0.05, 0) is 6.07 Å². The molecule has 0 amide bonds. The average molecular weight is 205 g/mol. The van der Waals surface area contributed by atoms with Gasteiger partial charge in [0, 0.05) is 6.26 Å². The summed E-state index contributed by atoms with van der Waals surface area (Å²) in [6.45, 7) is -0.866. The topological polar surface area (TPSA) is 85.9 Å². The summed E-state index contributed by atoms with van der Waals surface area (Å²) in [6, 6.07) is 1.06. The summed E-state index contributed by atoms with van der Waals surface area (Å²) in [5.41, 5.74) is 5.14. The fourth-order valence-electron chi connectivity index (χ4n) is 0.751. The van der Waals surface area contributed by atoms with Crippen LogP contribution < -0.4 is 5.73 Å². The summed E-state index contributed by atoms with van der Waals surface area (Å²) in [5, 5.41) is -0.257. The minimum Gasteiger partial charge on any atom is -0.368 e. The highest BCUT2D eigenvalue weighted by Gasteiger charge is 2.11. The molecule has 5 nitrogen and oxygen atoms in total. The molecule has 0 fully saturated rings. The van der Waals surface area contributed by atoms with Gasteiger partial charge in [-0.25, -0.2) is 22.8 Å². The minimum absolute atomic E-state index is 0.0343. The number of sulfone groups is 1. The van der Waals surface area contributed by atoms with Crippen molar-refractivity contribution in [2.45, 2.75) is 11.7 Å². The van der Waals surface area contributed by atoms with Crippen LogP contribution in [0.5, 0.6) is 0 Å². The monoisotopic (exact) mass is 205 g/mol. The predicted molar refractivity (Wildman–Crippen MR) is 44.4 cm³/mol. The molecule has 1 rings (SSSR count). The molecule has 72 valence electrons. The second-order valence-corrected chi connectivity index (χ2v) is 4.42. The number of anilines is 1. The quantitative estimate of drug-likeness (QED) is 0.683. The number of rotatable bonds is 2. The van der Waals surface area contributed by atoms with Crippen LogP contribution in [0.15, 0.2) is 11.1 Å². The van der Waals surface area contributed by atoms with Gasteiger partial charge in [0.25, 0.3) is 0 Å². The van der Waals surface area contributed by atoms with Gasteiger partial charge in [0.1, 0.15) is 6.67 Å². The number of hydrogen-bond acceptors (Lipinski definition) is 5. The van der Waals surface area contributed by atoms with E-state index in [1.165, 1.54) is 0 Å². The van der Waals surface area contributed by atoms with Crippen molar-refractivity contribution in [2.24, 2.45) is 0 Å². The Hall–Kier alpha value is -1.24. The lowest BCUT2D eigenvalue weighted by Crippen LogP contribution is -2.06. The first-order valence-corrected chi connectivity index (χ1v) is 5.22. The fraction of sp³-hybridized carbons (Fsp3) is 0.333. The summed E-state index contributed by atoms with van der Waals surface area (Å²) in [5.74, 6) is -0.240. The Kier molecular flexibility index (Phi) is 2.46. The van der Waals surface area contributed by atoms with E-state index in [1.54, 1.807) is 0 Å². The van der Waals surface area contributed by atoms with Gasteiger partial charge >= 0.3 is 0 Å². The van der Waals surface area contributed by atoms with Crippen molar-refractivity contribution >= 4 is 15.8 Å². The van der Waals surface area contributed by atoms with Crippen molar-refractivity contribution in [3.05, 3.63) is 11.8 Å². The lowest BCUT2D eigenvalue weighted by atomic mass is 10.4. The summed E-state index contributed by atoms with van der Waals surface area (Å²) in [6.07, 6.45) is 0.969. The van der Waals surface area contributed by atoms with Crippen molar-refractivity contribution in [3.63, 3.8) is 0 Å². The van der Waals surface area contributed by atoms with Crippen molar-refractivity contribution in [1.29, 1.82) is 0 Å². The molecule has 0 radical (unpaired) electrons. The first-order chi connectivity index (χ1) is 5.93. The number of nitrogens with two attached hydrogens (primary N) is 1. The van der Waals surface area contributed by atoms with Gasteiger partial charge in [-0.2, -0.15) is 0 Å². The second kappa shape index (κ2) is 3.25.